The van der Waals surface area contributed by atoms with Gasteiger partial charge in [0.1, 0.15) is 12.2 Å². The van der Waals surface area contributed by atoms with Crippen LogP contribution in [-0.4, -0.2) is 33.5 Å². The average Bonchev–Trinajstić information content (AvgIpc) is 3.14. The number of halogens is 2. The molecule has 1 amide bonds. The summed E-state index contributed by atoms with van der Waals surface area (Å²) in [6.07, 6.45) is 1.39. The van der Waals surface area contributed by atoms with E-state index in [-0.39, 0.29) is 24.7 Å². The molecule has 0 bridgehead atoms. The molecule has 1 N–H and O–H groups in total. The van der Waals surface area contributed by atoms with Crippen LogP contribution in [0.4, 0.5) is 0 Å². The number of aromatic nitrogens is 3. The summed E-state index contributed by atoms with van der Waals surface area (Å²) in [5.41, 5.74) is 0.807. The van der Waals surface area contributed by atoms with E-state index in [4.69, 9.17) is 32.5 Å². The van der Waals surface area contributed by atoms with Crippen molar-refractivity contribution in [2.75, 3.05) is 6.54 Å². The van der Waals surface area contributed by atoms with E-state index in [1.54, 1.807) is 24.3 Å². The van der Waals surface area contributed by atoms with Crippen LogP contribution in [0.1, 0.15) is 16.4 Å². The molecular formula is C17H12Cl2N4O4. The Balaban J connectivity index is 1.48. The normalized spacial score (nSPS) is 10.4. The molecule has 0 saturated heterocycles. The third-order valence-electron chi connectivity index (χ3n) is 3.28. The first kappa shape index (κ1) is 18.8. The Bertz CT molecular complexity index is 960. The molecule has 1 aromatic carbocycles. The lowest BCUT2D eigenvalue weighted by molar-refractivity contribution is -0.144. The predicted octanol–water partition coefficient (Wildman–Crippen LogP) is 2.91. The van der Waals surface area contributed by atoms with E-state index in [0.29, 0.717) is 21.4 Å². The van der Waals surface area contributed by atoms with Gasteiger partial charge in [-0.25, -0.2) is 0 Å². The van der Waals surface area contributed by atoms with Crippen molar-refractivity contribution < 1.29 is 18.8 Å². The van der Waals surface area contributed by atoms with E-state index in [2.05, 4.69) is 20.4 Å². The van der Waals surface area contributed by atoms with E-state index in [1.165, 1.54) is 18.3 Å². The maximum atomic E-state index is 11.9. The lowest BCUT2D eigenvalue weighted by Gasteiger charge is -2.04. The third-order valence-corrected chi connectivity index (χ3v) is 3.76. The van der Waals surface area contributed by atoms with Crippen molar-refractivity contribution in [1.29, 1.82) is 0 Å². The van der Waals surface area contributed by atoms with Crippen molar-refractivity contribution in [1.82, 2.24) is 20.4 Å². The predicted molar refractivity (Wildman–Crippen MR) is 96.1 cm³/mol. The molecule has 0 spiro atoms. The number of rotatable bonds is 6. The zero-order valence-corrected chi connectivity index (χ0v) is 15.2. The lowest BCUT2D eigenvalue weighted by atomic mass is 10.2. The van der Waals surface area contributed by atoms with Gasteiger partial charge in [0.2, 0.25) is 5.82 Å². The SMILES string of the molecule is O=C(CNC(=O)c1cc(Cl)ccn1)OCc1nc(-c2ccc(Cl)cc2)no1. The summed E-state index contributed by atoms with van der Waals surface area (Å²) in [6.45, 7) is -0.560. The Hall–Kier alpha value is -2.97. The highest BCUT2D eigenvalue weighted by Gasteiger charge is 2.13. The van der Waals surface area contributed by atoms with Crippen LogP contribution in [0.5, 0.6) is 0 Å². The summed E-state index contributed by atoms with van der Waals surface area (Å²) in [7, 11) is 0. The summed E-state index contributed by atoms with van der Waals surface area (Å²) in [4.78, 5) is 31.6. The number of ether oxygens (including phenoxy) is 1. The second kappa shape index (κ2) is 8.61. The molecule has 3 rings (SSSR count). The maximum absolute atomic E-state index is 11.9. The molecule has 0 aliphatic carbocycles. The quantitative estimate of drug-likeness (QED) is 0.626. The summed E-state index contributed by atoms with van der Waals surface area (Å²) < 4.78 is 10.0. The smallest absolute Gasteiger partial charge is 0.325 e. The minimum Gasteiger partial charge on any atom is -0.454 e. The van der Waals surface area contributed by atoms with Gasteiger partial charge in [-0.3, -0.25) is 14.6 Å². The Morgan fingerprint density at radius 3 is 2.63 bits per heavy atom. The van der Waals surface area contributed by atoms with Gasteiger partial charge < -0.3 is 14.6 Å². The molecule has 3 aromatic rings. The van der Waals surface area contributed by atoms with Crippen LogP contribution in [0.15, 0.2) is 47.1 Å². The van der Waals surface area contributed by atoms with Gasteiger partial charge in [-0.05, 0) is 36.4 Å². The van der Waals surface area contributed by atoms with E-state index < -0.39 is 11.9 Å². The number of hydrogen-bond donors (Lipinski definition) is 1. The van der Waals surface area contributed by atoms with Crippen LogP contribution in [0.3, 0.4) is 0 Å². The Labute approximate surface area is 163 Å². The molecule has 10 heteroatoms. The number of esters is 1. The van der Waals surface area contributed by atoms with Gasteiger partial charge in [0.25, 0.3) is 11.8 Å². The molecule has 0 aliphatic rings. The number of carbonyl (C=O) groups is 2. The van der Waals surface area contributed by atoms with E-state index in [1.807, 2.05) is 0 Å². The number of benzene rings is 1. The van der Waals surface area contributed by atoms with E-state index in [0.717, 1.165) is 0 Å². The molecule has 2 heterocycles. The van der Waals surface area contributed by atoms with E-state index >= 15 is 0 Å². The first-order chi connectivity index (χ1) is 13.0. The second-order valence-electron chi connectivity index (χ2n) is 5.22. The van der Waals surface area contributed by atoms with Gasteiger partial charge in [0.15, 0.2) is 6.61 Å². The van der Waals surface area contributed by atoms with Gasteiger partial charge >= 0.3 is 5.97 Å². The fraction of sp³-hybridized carbons (Fsp3) is 0.118. The number of hydrogen-bond acceptors (Lipinski definition) is 7. The van der Waals surface area contributed by atoms with Gasteiger partial charge in [0, 0.05) is 21.8 Å². The number of nitrogens with zero attached hydrogens (tertiary/aromatic N) is 3. The Morgan fingerprint density at radius 2 is 1.89 bits per heavy atom. The summed E-state index contributed by atoms with van der Waals surface area (Å²) in [5, 5.41) is 7.15. The van der Waals surface area contributed by atoms with Gasteiger partial charge in [0.05, 0.1) is 0 Å². The van der Waals surface area contributed by atoms with Crippen LogP contribution in [0.25, 0.3) is 11.4 Å². The molecule has 0 unspecified atom stereocenters. The molecule has 8 nitrogen and oxygen atoms in total. The topological polar surface area (TPSA) is 107 Å². The zero-order valence-electron chi connectivity index (χ0n) is 13.7. The molecule has 138 valence electrons. The fourth-order valence-electron chi connectivity index (χ4n) is 1.99. The van der Waals surface area contributed by atoms with E-state index in [9.17, 15) is 9.59 Å². The average molecular weight is 407 g/mol. The third kappa shape index (κ3) is 5.25. The van der Waals surface area contributed by atoms with Crippen LogP contribution in [0.2, 0.25) is 10.0 Å². The highest BCUT2D eigenvalue weighted by atomic mass is 35.5. The first-order valence-electron chi connectivity index (χ1n) is 7.65. The van der Waals surface area contributed by atoms with Crippen LogP contribution in [-0.2, 0) is 16.1 Å². The monoisotopic (exact) mass is 406 g/mol. The van der Waals surface area contributed by atoms with Gasteiger partial charge in [-0.1, -0.05) is 28.4 Å². The zero-order chi connectivity index (χ0) is 19.2. The second-order valence-corrected chi connectivity index (χ2v) is 6.09. The molecule has 27 heavy (non-hydrogen) atoms. The fourth-order valence-corrected chi connectivity index (χ4v) is 2.28. The van der Waals surface area contributed by atoms with Crippen LogP contribution >= 0.6 is 23.2 Å². The largest absolute Gasteiger partial charge is 0.454 e. The molecule has 0 atom stereocenters. The number of amides is 1. The highest BCUT2D eigenvalue weighted by molar-refractivity contribution is 6.31. The number of nitrogens with one attached hydrogen (secondary N) is 1. The van der Waals surface area contributed by atoms with Crippen LogP contribution in [0, 0.1) is 0 Å². The van der Waals surface area contributed by atoms with Crippen molar-refractivity contribution in [3.8, 4) is 11.4 Å². The maximum Gasteiger partial charge on any atom is 0.325 e. The minimum atomic E-state index is -0.670. The summed E-state index contributed by atoms with van der Waals surface area (Å²) >= 11 is 11.6. The molecular weight excluding hydrogens is 395 g/mol. The molecule has 0 saturated carbocycles. The van der Waals surface area contributed by atoms with Gasteiger partial charge in [-0.15, -0.1) is 0 Å². The molecule has 0 radical (unpaired) electrons. The summed E-state index contributed by atoms with van der Waals surface area (Å²) in [6, 6.07) is 9.80. The van der Waals surface area contributed by atoms with Crippen molar-refractivity contribution in [3.63, 3.8) is 0 Å². The number of carbonyl (C=O) groups excluding carboxylic acids is 2. The summed E-state index contributed by atoms with van der Waals surface area (Å²) in [5.74, 6) is -0.747. The standard InChI is InChI=1S/C17H12Cl2N4O4/c18-11-3-1-10(2-4-11)16-22-14(27-23-16)9-26-15(24)8-21-17(25)13-7-12(19)5-6-20-13/h1-7H,8-9H2,(H,21,25). The lowest BCUT2D eigenvalue weighted by Crippen LogP contribution is -2.31. The van der Waals surface area contributed by atoms with Crippen molar-refractivity contribution in [2.24, 2.45) is 0 Å². The molecule has 2 aromatic heterocycles. The number of pyridine rings is 1. The minimum absolute atomic E-state index is 0.0970. The van der Waals surface area contributed by atoms with Gasteiger partial charge in [-0.2, -0.15) is 4.98 Å². The first-order valence-corrected chi connectivity index (χ1v) is 8.41. The Morgan fingerprint density at radius 1 is 1.11 bits per heavy atom. The van der Waals surface area contributed by atoms with Crippen LogP contribution < -0.4 is 5.32 Å². The van der Waals surface area contributed by atoms with Crippen molar-refractivity contribution >= 4 is 35.1 Å². The van der Waals surface area contributed by atoms with Crippen molar-refractivity contribution in [2.45, 2.75) is 6.61 Å². The molecule has 0 fully saturated rings. The van der Waals surface area contributed by atoms with Crippen molar-refractivity contribution in [3.05, 3.63) is 64.2 Å². The molecule has 0 aliphatic heterocycles. The highest BCUT2D eigenvalue weighted by Crippen LogP contribution is 2.18. The Kier molecular flexibility index (Phi) is 6.00.